The fraction of sp³-hybridized carbons (Fsp3) is 0.368. The first-order valence-electron chi connectivity index (χ1n) is 9.06. The van der Waals surface area contributed by atoms with E-state index in [1.807, 2.05) is 36.4 Å². The van der Waals surface area contributed by atoms with Gasteiger partial charge in [-0.15, -0.1) is 0 Å². The third-order valence-corrected chi connectivity index (χ3v) is 4.82. The number of nitrogens with zero attached hydrogens (tertiary/aromatic N) is 3. The van der Waals surface area contributed by atoms with E-state index in [9.17, 15) is 0 Å². The summed E-state index contributed by atoms with van der Waals surface area (Å²) >= 11 is 0. The SMILES string of the molecule is OCC[NH+]1CCN(c2nc(NCc3ccco3)c3ccccc3n2)CC1. The third-order valence-electron chi connectivity index (χ3n) is 4.82. The van der Waals surface area contributed by atoms with E-state index in [0.717, 1.165) is 61.2 Å². The van der Waals surface area contributed by atoms with Crippen LogP contribution in [0.3, 0.4) is 0 Å². The lowest BCUT2D eigenvalue weighted by molar-refractivity contribution is -0.900. The highest BCUT2D eigenvalue weighted by atomic mass is 16.3. The molecule has 0 spiro atoms. The van der Waals surface area contributed by atoms with Crippen molar-refractivity contribution in [3.8, 4) is 0 Å². The van der Waals surface area contributed by atoms with E-state index in [1.54, 1.807) is 6.26 Å². The second kappa shape index (κ2) is 7.72. The maximum Gasteiger partial charge on any atom is 0.228 e. The van der Waals surface area contributed by atoms with Crippen LogP contribution in [0, 0.1) is 0 Å². The first kappa shape index (κ1) is 16.8. The quantitative estimate of drug-likeness (QED) is 0.599. The molecule has 0 unspecified atom stereocenters. The summed E-state index contributed by atoms with van der Waals surface area (Å²) in [6.45, 7) is 5.40. The Labute approximate surface area is 152 Å². The molecule has 3 heterocycles. The Bertz CT molecular complexity index is 844. The second-order valence-corrected chi connectivity index (χ2v) is 6.53. The van der Waals surface area contributed by atoms with Gasteiger partial charge < -0.3 is 24.6 Å². The van der Waals surface area contributed by atoms with Crippen LogP contribution in [-0.4, -0.2) is 54.4 Å². The summed E-state index contributed by atoms with van der Waals surface area (Å²) in [7, 11) is 0. The second-order valence-electron chi connectivity index (χ2n) is 6.53. The Morgan fingerprint density at radius 1 is 1.12 bits per heavy atom. The maximum atomic E-state index is 9.12. The van der Waals surface area contributed by atoms with Crippen molar-refractivity contribution in [2.45, 2.75) is 6.54 Å². The van der Waals surface area contributed by atoms with Crippen LogP contribution < -0.4 is 15.1 Å². The molecule has 1 aromatic carbocycles. The van der Waals surface area contributed by atoms with E-state index in [4.69, 9.17) is 19.5 Å². The summed E-state index contributed by atoms with van der Waals surface area (Å²) in [5, 5.41) is 13.5. The summed E-state index contributed by atoms with van der Waals surface area (Å²) in [6.07, 6.45) is 1.68. The number of aliphatic hydroxyl groups is 1. The minimum Gasteiger partial charge on any atom is -0.467 e. The van der Waals surface area contributed by atoms with Gasteiger partial charge in [0.2, 0.25) is 5.95 Å². The van der Waals surface area contributed by atoms with Crippen molar-refractivity contribution in [2.75, 3.05) is 49.5 Å². The number of piperazine rings is 1. The summed E-state index contributed by atoms with van der Waals surface area (Å²) in [5.74, 6) is 2.45. The minimum atomic E-state index is 0.239. The zero-order valence-electron chi connectivity index (χ0n) is 14.7. The van der Waals surface area contributed by atoms with Gasteiger partial charge in [-0.25, -0.2) is 4.98 Å². The molecule has 1 fully saturated rings. The Morgan fingerprint density at radius 2 is 1.96 bits per heavy atom. The van der Waals surface area contributed by atoms with E-state index in [0.29, 0.717) is 6.54 Å². The number of anilines is 2. The van der Waals surface area contributed by atoms with Crippen molar-refractivity contribution < 1.29 is 14.4 Å². The summed E-state index contributed by atoms with van der Waals surface area (Å²) in [4.78, 5) is 13.2. The highest BCUT2D eigenvalue weighted by molar-refractivity contribution is 5.90. The molecule has 3 N–H and O–H groups in total. The van der Waals surface area contributed by atoms with Crippen LogP contribution >= 0.6 is 0 Å². The van der Waals surface area contributed by atoms with Crippen LogP contribution in [-0.2, 0) is 6.54 Å². The van der Waals surface area contributed by atoms with Crippen molar-refractivity contribution in [3.63, 3.8) is 0 Å². The zero-order valence-corrected chi connectivity index (χ0v) is 14.7. The van der Waals surface area contributed by atoms with Crippen LogP contribution in [0.2, 0.25) is 0 Å². The number of aromatic nitrogens is 2. The van der Waals surface area contributed by atoms with E-state index in [-0.39, 0.29) is 6.61 Å². The van der Waals surface area contributed by atoms with E-state index < -0.39 is 0 Å². The standard InChI is InChI=1S/C19H23N5O2/c25-12-11-23-7-9-24(10-8-23)19-21-17-6-2-1-5-16(17)18(22-19)20-14-15-4-3-13-26-15/h1-6,13,25H,7-12,14H2,(H,20,21,22)/p+1. The van der Waals surface area contributed by atoms with Gasteiger partial charge >= 0.3 is 0 Å². The van der Waals surface area contributed by atoms with Crippen molar-refractivity contribution >= 4 is 22.7 Å². The highest BCUT2D eigenvalue weighted by Crippen LogP contribution is 2.24. The number of nitrogens with one attached hydrogen (secondary N) is 2. The van der Waals surface area contributed by atoms with Crippen molar-refractivity contribution in [2.24, 2.45) is 0 Å². The van der Waals surface area contributed by atoms with Gasteiger partial charge in [0, 0.05) is 5.39 Å². The number of benzene rings is 1. The molecule has 0 saturated carbocycles. The molecule has 2 aromatic heterocycles. The van der Waals surface area contributed by atoms with Gasteiger partial charge in [0.15, 0.2) is 0 Å². The van der Waals surface area contributed by atoms with Crippen molar-refractivity contribution in [1.29, 1.82) is 0 Å². The smallest absolute Gasteiger partial charge is 0.228 e. The summed E-state index contributed by atoms with van der Waals surface area (Å²) in [6, 6.07) is 11.9. The molecule has 26 heavy (non-hydrogen) atoms. The monoisotopic (exact) mass is 354 g/mol. The molecular formula is C19H24N5O2+. The molecule has 0 bridgehead atoms. The summed E-state index contributed by atoms with van der Waals surface area (Å²) < 4.78 is 5.41. The Morgan fingerprint density at radius 3 is 2.73 bits per heavy atom. The van der Waals surface area contributed by atoms with E-state index >= 15 is 0 Å². The van der Waals surface area contributed by atoms with Crippen LogP contribution in [0.1, 0.15) is 5.76 Å². The topological polar surface area (TPSA) is 78.9 Å². The molecule has 1 aliphatic rings. The minimum absolute atomic E-state index is 0.239. The van der Waals surface area contributed by atoms with Gasteiger partial charge in [0.1, 0.15) is 18.1 Å². The fourth-order valence-corrected chi connectivity index (χ4v) is 3.36. The first-order chi connectivity index (χ1) is 12.8. The van der Waals surface area contributed by atoms with Crippen molar-refractivity contribution in [3.05, 3.63) is 48.4 Å². The average Bonchev–Trinajstić information content (AvgIpc) is 3.20. The predicted molar refractivity (Wildman–Crippen MR) is 100 cm³/mol. The molecule has 1 aliphatic heterocycles. The number of aliphatic hydroxyl groups excluding tert-OH is 1. The van der Waals surface area contributed by atoms with Crippen LogP contribution in [0.25, 0.3) is 10.9 Å². The molecule has 136 valence electrons. The largest absolute Gasteiger partial charge is 0.467 e. The number of hydrogen-bond donors (Lipinski definition) is 3. The summed E-state index contributed by atoms with van der Waals surface area (Å²) in [5.41, 5.74) is 0.935. The normalized spacial score (nSPS) is 15.5. The van der Waals surface area contributed by atoms with Gasteiger partial charge in [-0.2, -0.15) is 4.98 Å². The Balaban J connectivity index is 1.57. The van der Waals surface area contributed by atoms with Gasteiger partial charge in [-0.3, -0.25) is 0 Å². The van der Waals surface area contributed by atoms with Crippen molar-refractivity contribution in [1.82, 2.24) is 9.97 Å². The molecule has 0 radical (unpaired) electrons. The molecule has 0 aliphatic carbocycles. The molecule has 4 rings (SSSR count). The van der Waals surface area contributed by atoms with Gasteiger partial charge in [-0.05, 0) is 24.3 Å². The number of quaternary nitrogens is 1. The van der Waals surface area contributed by atoms with E-state index in [2.05, 4.69) is 10.2 Å². The van der Waals surface area contributed by atoms with Gasteiger partial charge in [0.25, 0.3) is 0 Å². The van der Waals surface area contributed by atoms with Gasteiger partial charge in [-0.1, -0.05) is 12.1 Å². The lowest BCUT2D eigenvalue weighted by Gasteiger charge is -2.32. The van der Waals surface area contributed by atoms with Crippen LogP contribution in [0.5, 0.6) is 0 Å². The van der Waals surface area contributed by atoms with Gasteiger partial charge in [0.05, 0.1) is 51.1 Å². The lowest BCUT2D eigenvalue weighted by Crippen LogP contribution is -3.15. The number of fused-ring (bicyclic) bond motifs is 1. The Kier molecular flexibility index (Phi) is 4.99. The zero-order chi connectivity index (χ0) is 17.8. The molecule has 1 saturated heterocycles. The van der Waals surface area contributed by atoms with Crippen LogP contribution in [0.4, 0.5) is 11.8 Å². The molecule has 3 aromatic rings. The number of rotatable bonds is 6. The van der Waals surface area contributed by atoms with Crippen LogP contribution in [0.15, 0.2) is 47.1 Å². The molecule has 0 atom stereocenters. The third kappa shape index (κ3) is 3.63. The first-order valence-corrected chi connectivity index (χ1v) is 9.06. The highest BCUT2D eigenvalue weighted by Gasteiger charge is 2.22. The number of hydrogen-bond acceptors (Lipinski definition) is 6. The fourth-order valence-electron chi connectivity index (χ4n) is 3.36. The maximum absolute atomic E-state index is 9.12. The lowest BCUT2D eigenvalue weighted by atomic mass is 10.2. The average molecular weight is 354 g/mol. The molecule has 0 amide bonds. The Hall–Kier alpha value is -2.64. The van der Waals surface area contributed by atoms with E-state index in [1.165, 1.54) is 4.90 Å². The number of furan rings is 1. The predicted octanol–water partition coefficient (Wildman–Crippen LogP) is 0.532. The molecule has 7 nitrogen and oxygen atoms in total. The molecule has 7 heteroatoms. The number of para-hydroxylation sites is 1. The molecular weight excluding hydrogens is 330 g/mol.